The smallest absolute Gasteiger partial charge is 0.261 e. The first-order chi connectivity index (χ1) is 9.90. The van der Waals surface area contributed by atoms with E-state index in [9.17, 15) is 13.2 Å². The topological polar surface area (TPSA) is 89.3 Å². The molecule has 21 heavy (non-hydrogen) atoms. The first-order valence-corrected chi connectivity index (χ1v) is 7.85. The van der Waals surface area contributed by atoms with E-state index in [1.54, 1.807) is 49.4 Å². The highest BCUT2D eigenvalue weighted by Crippen LogP contribution is 2.20. The first kappa shape index (κ1) is 15.1. The lowest BCUT2D eigenvalue weighted by molar-refractivity contribution is -0.119. The zero-order valence-corrected chi connectivity index (χ0v) is 12.3. The van der Waals surface area contributed by atoms with Crippen LogP contribution in [0.5, 0.6) is 0 Å². The van der Waals surface area contributed by atoms with Gasteiger partial charge in [0, 0.05) is 5.69 Å². The summed E-state index contributed by atoms with van der Waals surface area (Å²) in [7, 11) is -3.60. The van der Waals surface area contributed by atoms with Crippen LogP contribution in [0.1, 0.15) is 18.4 Å². The highest BCUT2D eigenvalue weighted by atomic mass is 32.2. The Hall–Kier alpha value is -2.34. The average molecular weight is 304 g/mol. The van der Waals surface area contributed by atoms with Crippen LogP contribution in [0.3, 0.4) is 0 Å². The molecule has 1 unspecified atom stereocenters. The molecule has 3 N–H and O–H groups in total. The molecule has 110 valence electrons. The van der Waals surface area contributed by atoms with Crippen LogP contribution in [0.15, 0.2) is 59.5 Å². The van der Waals surface area contributed by atoms with E-state index in [0.717, 1.165) is 5.56 Å². The molecule has 0 fully saturated rings. The van der Waals surface area contributed by atoms with Crippen molar-refractivity contribution in [2.24, 2.45) is 5.73 Å². The molecule has 0 aliphatic carbocycles. The molecule has 0 radical (unpaired) electrons. The average Bonchev–Trinajstić information content (AvgIpc) is 2.48. The Bertz CT molecular complexity index is 725. The number of nitrogens with two attached hydrogens (primary N) is 1. The number of rotatable bonds is 5. The Balaban J connectivity index is 2.19. The summed E-state index contributed by atoms with van der Waals surface area (Å²) in [5.41, 5.74) is 6.40. The predicted molar refractivity (Wildman–Crippen MR) is 81.3 cm³/mol. The summed E-state index contributed by atoms with van der Waals surface area (Å²) in [5.74, 6) is -0.836. The van der Waals surface area contributed by atoms with Crippen molar-refractivity contribution < 1.29 is 13.2 Å². The van der Waals surface area contributed by atoms with Crippen molar-refractivity contribution in [3.05, 3.63) is 60.2 Å². The van der Waals surface area contributed by atoms with Gasteiger partial charge >= 0.3 is 0 Å². The van der Waals surface area contributed by atoms with Crippen molar-refractivity contribution in [2.45, 2.75) is 17.7 Å². The van der Waals surface area contributed by atoms with E-state index in [1.807, 2.05) is 0 Å². The van der Waals surface area contributed by atoms with Gasteiger partial charge in [-0.25, -0.2) is 8.42 Å². The first-order valence-electron chi connectivity index (χ1n) is 6.37. The van der Waals surface area contributed by atoms with E-state index in [0.29, 0.717) is 5.69 Å². The number of carbonyl (C=O) groups is 1. The maximum Gasteiger partial charge on any atom is 0.261 e. The summed E-state index contributed by atoms with van der Waals surface area (Å²) in [6, 6.07) is 14.7. The van der Waals surface area contributed by atoms with Gasteiger partial charge in [-0.1, -0.05) is 30.3 Å². The fourth-order valence-corrected chi connectivity index (χ4v) is 2.90. The van der Waals surface area contributed by atoms with Crippen LogP contribution in [-0.4, -0.2) is 14.3 Å². The van der Waals surface area contributed by atoms with Gasteiger partial charge in [-0.2, -0.15) is 0 Å². The molecule has 0 bridgehead atoms. The summed E-state index contributed by atoms with van der Waals surface area (Å²) in [6.45, 7) is 1.70. The molecule has 0 aliphatic rings. The van der Waals surface area contributed by atoms with Gasteiger partial charge in [-0.3, -0.25) is 9.52 Å². The van der Waals surface area contributed by atoms with E-state index in [-0.39, 0.29) is 4.90 Å². The lowest BCUT2D eigenvalue weighted by atomic mass is 10.0. The molecule has 5 nitrogen and oxygen atoms in total. The molecule has 0 aromatic heterocycles. The number of primary amides is 1. The molecule has 1 atom stereocenters. The second-order valence-corrected chi connectivity index (χ2v) is 6.35. The normalized spacial score (nSPS) is 12.6. The Kier molecular flexibility index (Phi) is 4.28. The standard InChI is InChI=1S/C15H16N2O3S/c1-11(15(16)18)12-7-9-13(10-8-12)17-21(19,20)14-5-3-2-4-6-14/h2-11,17H,1H3,(H2,16,18). The van der Waals surface area contributed by atoms with Gasteiger partial charge in [-0.05, 0) is 36.8 Å². The Morgan fingerprint density at radius 1 is 1.05 bits per heavy atom. The number of hydrogen-bond donors (Lipinski definition) is 2. The van der Waals surface area contributed by atoms with Crippen molar-refractivity contribution in [1.29, 1.82) is 0 Å². The largest absolute Gasteiger partial charge is 0.369 e. The highest BCUT2D eigenvalue weighted by molar-refractivity contribution is 7.92. The van der Waals surface area contributed by atoms with Gasteiger partial charge in [0.05, 0.1) is 10.8 Å². The quantitative estimate of drug-likeness (QED) is 0.886. The third kappa shape index (κ3) is 3.61. The fourth-order valence-electron chi connectivity index (χ4n) is 1.82. The van der Waals surface area contributed by atoms with Gasteiger partial charge in [0.25, 0.3) is 10.0 Å². The van der Waals surface area contributed by atoms with Crippen molar-refractivity contribution in [3.8, 4) is 0 Å². The van der Waals surface area contributed by atoms with Crippen LogP contribution < -0.4 is 10.5 Å². The Morgan fingerprint density at radius 3 is 2.14 bits per heavy atom. The molecule has 0 aliphatic heterocycles. The number of nitrogens with one attached hydrogen (secondary N) is 1. The molecule has 2 aromatic rings. The summed E-state index contributed by atoms with van der Waals surface area (Å²) in [6.07, 6.45) is 0. The molecule has 1 amide bonds. The van der Waals surface area contributed by atoms with Gasteiger partial charge in [0.1, 0.15) is 0 Å². The minimum atomic E-state index is -3.60. The van der Waals surface area contributed by atoms with Crippen molar-refractivity contribution in [2.75, 3.05) is 4.72 Å². The molecular weight excluding hydrogens is 288 g/mol. The van der Waals surface area contributed by atoms with Crippen LogP contribution in [0.4, 0.5) is 5.69 Å². The third-order valence-electron chi connectivity index (χ3n) is 3.14. The molecular formula is C15H16N2O3S. The molecule has 0 heterocycles. The molecule has 2 rings (SSSR count). The van der Waals surface area contributed by atoms with Crippen molar-refractivity contribution in [1.82, 2.24) is 0 Å². The summed E-state index contributed by atoms with van der Waals surface area (Å²) >= 11 is 0. The second kappa shape index (κ2) is 5.97. The number of sulfonamides is 1. The highest BCUT2D eigenvalue weighted by Gasteiger charge is 2.14. The lowest BCUT2D eigenvalue weighted by Gasteiger charge is -2.11. The monoisotopic (exact) mass is 304 g/mol. The third-order valence-corrected chi connectivity index (χ3v) is 4.54. The van der Waals surface area contributed by atoms with Gasteiger partial charge in [0.2, 0.25) is 5.91 Å². The van der Waals surface area contributed by atoms with Crippen LogP contribution in [0.25, 0.3) is 0 Å². The molecule has 6 heteroatoms. The minimum Gasteiger partial charge on any atom is -0.369 e. The van der Waals surface area contributed by atoms with Gasteiger partial charge < -0.3 is 5.73 Å². The van der Waals surface area contributed by atoms with Gasteiger partial charge in [0.15, 0.2) is 0 Å². The van der Waals surface area contributed by atoms with Crippen molar-refractivity contribution >= 4 is 21.6 Å². The summed E-state index contributed by atoms with van der Waals surface area (Å²) < 4.78 is 26.8. The number of carbonyl (C=O) groups excluding carboxylic acids is 1. The SMILES string of the molecule is CC(C(N)=O)c1ccc(NS(=O)(=O)c2ccccc2)cc1. The van der Waals surface area contributed by atoms with E-state index < -0.39 is 21.8 Å². The number of benzene rings is 2. The number of hydrogen-bond acceptors (Lipinski definition) is 3. The predicted octanol–water partition coefficient (Wildman–Crippen LogP) is 2.08. The Morgan fingerprint density at radius 2 is 1.62 bits per heavy atom. The zero-order chi connectivity index (χ0) is 15.5. The fraction of sp³-hybridized carbons (Fsp3) is 0.133. The number of anilines is 1. The van der Waals surface area contributed by atoms with E-state index in [2.05, 4.69) is 4.72 Å². The maximum atomic E-state index is 12.1. The van der Waals surface area contributed by atoms with E-state index in [4.69, 9.17) is 5.73 Å². The zero-order valence-electron chi connectivity index (χ0n) is 11.5. The maximum absolute atomic E-state index is 12.1. The Labute approximate surface area is 123 Å². The minimum absolute atomic E-state index is 0.194. The number of amides is 1. The van der Waals surface area contributed by atoms with Crippen LogP contribution >= 0.6 is 0 Å². The summed E-state index contributed by atoms with van der Waals surface area (Å²) in [4.78, 5) is 11.3. The van der Waals surface area contributed by atoms with Gasteiger partial charge in [-0.15, -0.1) is 0 Å². The van der Waals surface area contributed by atoms with Crippen molar-refractivity contribution in [3.63, 3.8) is 0 Å². The summed E-state index contributed by atoms with van der Waals surface area (Å²) in [5, 5.41) is 0. The van der Waals surface area contributed by atoms with Crippen LogP contribution in [0, 0.1) is 0 Å². The van der Waals surface area contributed by atoms with E-state index >= 15 is 0 Å². The van der Waals surface area contributed by atoms with Crippen LogP contribution in [-0.2, 0) is 14.8 Å². The molecule has 0 spiro atoms. The second-order valence-electron chi connectivity index (χ2n) is 4.66. The molecule has 2 aromatic carbocycles. The molecule has 0 saturated carbocycles. The van der Waals surface area contributed by atoms with E-state index in [1.165, 1.54) is 12.1 Å². The lowest BCUT2D eigenvalue weighted by Crippen LogP contribution is -2.18. The molecule has 0 saturated heterocycles. The van der Waals surface area contributed by atoms with Crippen LogP contribution in [0.2, 0.25) is 0 Å².